The summed E-state index contributed by atoms with van der Waals surface area (Å²) in [6.45, 7) is 6.70. The van der Waals surface area contributed by atoms with Crippen LogP contribution in [0.25, 0.3) is 0 Å². The molecule has 21 heavy (non-hydrogen) atoms. The topological polar surface area (TPSA) is 21.3 Å². The molecule has 2 aliphatic rings. The van der Waals surface area contributed by atoms with Crippen LogP contribution in [0.4, 0.5) is 0 Å². The van der Waals surface area contributed by atoms with E-state index < -0.39 is 0 Å². The lowest BCUT2D eigenvalue weighted by Gasteiger charge is -2.38. The van der Waals surface area contributed by atoms with E-state index in [2.05, 4.69) is 47.2 Å². The largest absolute Gasteiger partial charge is 0.493 e. The van der Waals surface area contributed by atoms with E-state index in [0.29, 0.717) is 5.92 Å². The highest BCUT2D eigenvalue weighted by atomic mass is 79.9. The average molecular weight is 352 g/mol. The summed E-state index contributed by atoms with van der Waals surface area (Å²) >= 11 is 3.67. The van der Waals surface area contributed by atoms with Crippen LogP contribution in [0.5, 0.6) is 5.75 Å². The molecule has 1 aromatic carbocycles. The zero-order valence-electron chi connectivity index (χ0n) is 13.2. The number of rotatable bonds is 3. The Kier molecular flexibility index (Phi) is 4.60. The van der Waals surface area contributed by atoms with Crippen LogP contribution in [0.2, 0.25) is 0 Å². The van der Waals surface area contributed by atoms with Gasteiger partial charge in [0.15, 0.2) is 0 Å². The summed E-state index contributed by atoms with van der Waals surface area (Å²) < 4.78 is 7.12. The van der Waals surface area contributed by atoms with Gasteiger partial charge in [-0.3, -0.25) is 0 Å². The van der Waals surface area contributed by atoms with E-state index in [1.165, 1.54) is 41.3 Å². The second-order valence-electron chi connectivity index (χ2n) is 6.88. The molecule has 1 saturated heterocycles. The minimum Gasteiger partial charge on any atom is -0.493 e. The van der Waals surface area contributed by atoms with Crippen molar-refractivity contribution >= 4 is 15.9 Å². The molecule has 1 unspecified atom stereocenters. The van der Waals surface area contributed by atoms with E-state index >= 15 is 0 Å². The Morgan fingerprint density at radius 3 is 2.95 bits per heavy atom. The number of hydrogen-bond acceptors (Lipinski definition) is 2. The molecule has 1 aromatic rings. The Bertz CT molecular complexity index is 504. The molecule has 3 heteroatoms. The quantitative estimate of drug-likeness (QED) is 0.866. The highest BCUT2D eigenvalue weighted by Gasteiger charge is 2.35. The summed E-state index contributed by atoms with van der Waals surface area (Å²) in [6, 6.07) is 4.48. The Morgan fingerprint density at radius 2 is 2.14 bits per heavy atom. The molecule has 0 spiro atoms. The van der Waals surface area contributed by atoms with Crippen LogP contribution in [0.1, 0.15) is 50.7 Å². The van der Waals surface area contributed by atoms with Crippen LogP contribution in [0.3, 0.4) is 0 Å². The fraction of sp³-hybridized carbons (Fsp3) is 0.667. The maximum Gasteiger partial charge on any atom is 0.125 e. The van der Waals surface area contributed by atoms with Gasteiger partial charge in [0.25, 0.3) is 0 Å². The van der Waals surface area contributed by atoms with Crippen molar-refractivity contribution in [3.8, 4) is 5.75 Å². The van der Waals surface area contributed by atoms with Gasteiger partial charge in [-0.2, -0.15) is 0 Å². The second kappa shape index (κ2) is 6.29. The summed E-state index contributed by atoms with van der Waals surface area (Å²) in [5, 5.41) is 3.88. The van der Waals surface area contributed by atoms with Crippen LogP contribution >= 0.6 is 15.9 Å². The summed E-state index contributed by atoms with van der Waals surface area (Å²) in [6.07, 6.45) is 7.39. The second-order valence-corrected chi connectivity index (χ2v) is 7.79. The summed E-state index contributed by atoms with van der Waals surface area (Å²) in [7, 11) is 0. The lowest BCUT2D eigenvalue weighted by molar-refractivity contribution is 0.223. The van der Waals surface area contributed by atoms with Gasteiger partial charge >= 0.3 is 0 Å². The Morgan fingerprint density at radius 1 is 1.29 bits per heavy atom. The van der Waals surface area contributed by atoms with E-state index in [9.17, 15) is 0 Å². The standard InChI is InChI=1S/C18H26BrNO/c1-13(2)18(7-4-3-5-8-20-18)12-15-11-16(19)10-14-6-9-21-17(14)15/h10-11,13,20H,3-9,12H2,1-2H3. The van der Waals surface area contributed by atoms with Crippen LogP contribution in [0.15, 0.2) is 16.6 Å². The molecule has 0 bridgehead atoms. The van der Waals surface area contributed by atoms with Crippen molar-refractivity contribution < 1.29 is 4.74 Å². The minimum absolute atomic E-state index is 0.219. The minimum atomic E-state index is 0.219. The normalized spacial score (nSPS) is 25.5. The number of benzene rings is 1. The fourth-order valence-electron chi connectivity index (χ4n) is 3.83. The van der Waals surface area contributed by atoms with Crippen molar-refractivity contribution in [3.63, 3.8) is 0 Å². The first-order valence-electron chi connectivity index (χ1n) is 8.30. The van der Waals surface area contributed by atoms with Crippen LogP contribution in [-0.4, -0.2) is 18.7 Å². The van der Waals surface area contributed by atoms with Gasteiger partial charge in [-0.1, -0.05) is 42.6 Å². The molecule has 0 amide bonds. The first-order chi connectivity index (χ1) is 10.1. The Hall–Kier alpha value is -0.540. The molecule has 3 rings (SSSR count). The monoisotopic (exact) mass is 351 g/mol. The third-order valence-corrected chi connectivity index (χ3v) is 5.67. The van der Waals surface area contributed by atoms with E-state index in [0.717, 1.165) is 31.7 Å². The highest BCUT2D eigenvalue weighted by Crippen LogP contribution is 2.38. The molecule has 0 radical (unpaired) electrons. The van der Waals surface area contributed by atoms with Gasteiger partial charge in [-0.05, 0) is 55.0 Å². The molecular formula is C18H26BrNO. The summed E-state index contributed by atoms with van der Waals surface area (Å²) in [4.78, 5) is 0. The van der Waals surface area contributed by atoms with Gasteiger partial charge in [0.05, 0.1) is 6.61 Å². The molecule has 1 N–H and O–H groups in total. The predicted octanol–water partition coefficient (Wildman–Crippen LogP) is 4.48. The van der Waals surface area contributed by atoms with Crippen LogP contribution in [0, 0.1) is 5.92 Å². The number of ether oxygens (including phenoxy) is 1. The van der Waals surface area contributed by atoms with Gasteiger partial charge < -0.3 is 10.1 Å². The number of fused-ring (bicyclic) bond motifs is 1. The van der Waals surface area contributed by atoms with E-state index in [4.69, 9.17) is 4.74 Å². The SMILES string of the molecule is CC(C)C1(Cc2cc(Br)cc3c2OCC3)CCCCCN1. The van der Waals surface area contributed by atoms with Crippen molar-refractivity contribution in [1.82, 2.24) is 5.32 Å². The lowest BCUT2D eigenvalue weighted by atomic mass is 9.77. The van der Waals surface area contributed by atoms with Crippen LogP contribution in [-0.2, 0) is 12.8 Å². The van der Waals surface area contributed by atoms with Gasteiger partial charge in [-0.25, -0.2) is 0 Å². The van der Waals surface area contributed by atoms with E-state index in [-0.39, 0.29) is 5.54 Å². The first-order valence-corrected chi connectivity index (χ1v) is 9.09. The number of halogens is 1. The number of hydrogen-bond donors (Lipinski definition) is 1. The smallest absolute Gasteiger partial charge is 0.125 e. The molecule has 0 saturated carbocycles. The van der Waals surface area contributed by atoms with Crippen molar-refractivity contribution in [2.75, 3.05) is 13.2 Å². The molecule has 0 aliphatic carbocycles. The third-order valence-electron chi connectivity index (χ3n) is 5.21. The Labute approximate surface area is 136 Å². The predicted molar refractivity (Wildman–Crippen MR) is 91.1 cm³/mol. The fourth-order valence-corrected chi connectivity index (χ4v) is 4.39. The molecule has 116 valence electrons. The molecule has 1 atom stereocenters. The van der Waals surface area contributed by atoms with Gasteiger partial charge in [0, 0.05) is 16.4 Å². The van der Waals surface area contributed by atoms with Gasteiger partial charge in [0.1, 0.15) is 5.75 Å². The van der Waals surface area contributed by atoms with Gasteiger partial charge in [-0.15, -0.1) is 0 Å². The maximum absolute atomic E-state index is 5.93. The molecule has 1 fully saturated rings. The van der Waals surface area contributed by atoms with Gasteiger partial charge in [0.2, 0.25) is 0 Å². The highest BCUT2D eigenvalue weighted by molar-refractivity contribution is 9.10. The number of nitrogens with one attached hydrogen (secondary N) is 1. The van der Waals surface area contributed by atoms with Crippen molar-refractivity contribution in [1.29, 1.82) is 0 Å². The molecule has 2 aliphatic heterocycles. The molecule has 2 heterocycles. The molecule has 2 nitrogen and oxygen atoms in total. The summed E-state index contributed by atoms with van der Waals surface area (Å²) in [5.74, 6) is 1.79. The van der Waals surface area contributed by atoms with Crippen molar-refractivity contribution in [3.05, 3.63) is 27.7 Å². The van der Waals surface area contributed by atoms with E-state index in [1.54, 1.807) is 0 Å². The lowest BCUT2D eigenvalue weighted by Crippen LogP contribution is -2.51. The van der Waals surface area contributed by atoms with Crippen molar-refractivity contribution in [2.24, 2.45) is 5.92 Å². The molecular weight excluding hydrogens is 326 g/mol. The van der Waals surface area contributed by atoms with Crippen molar-refractivity contribution in [2.45, 2.75) is 57.9 Å². The van der Waals surface area contributed by atoms with Crippen LogP contribution < -0.4 is 10.1 Å². The molecule has 0 aromatic heterocycles. The zero-order chi connectivity index (χ0) is 14.9. The average Bonchev–Trinajstić information content (AvgIpc) is 2.77. The zero-order valence-corrected chi connectivity index (χ0v) is 14.8. The first kappa shape index (κ1) is 15.4. The maximum atomic E-state index is 5.93. The third kappa shape index (κ3) is 3.14. The summed E-state index contributed by atoms with van der Waals surface area (Å²) in [5.41, 5.74) is 2.96. The Balaban J connectivity index is 1.93. The van der Waals surface area contributed by atoms with E-state index in [1.807, 2.05) is 0 Å².